The number of hydrogen-bond donors (Lipinski definition) is 0. The lowest BCUT2D eigenvalue weighted by Crippen LogP contribution is -1.92. The van der Waals surface area contributed by atoms with Crippen LogP contribution in [0.2, 0.25) is 0 Å². The Hall–Kier alpha value is -1.22. The number of nitrogens with zero attached hydrogens (tertiary/aromatic N) is 2. The molecule has 0 amide bonds. The van der Waals surface area contributed by atoms with Gasteiger partial charge in [0.2, 0.25) is 0 Å². The Kier molecular flexibility index (Phi) is 3.11. The highest BCUT2D eigenvalue weighted by molar-refractivity contribution is 7.98. The molecule has 0 aliphatic heterocycles. The van der Waals surface area contributed by atoms with E-state index in [0.717, 1.165) is 11.4 Å². The van der Waals surface area contributed by atoms with Gasteiger partial charge in [-0.2, -0.15) is 5.10 Å². The fourth-order valence-corrected chi connectivity index (χ4v) is 2.44. The Balaban J connectivity index is 2.02. The maximum atomic E-state index is 4.32. The molecule has 0 aliphatic carbocycles. The van der Waals surface area contributed by atoms with E-state index < -0.39 is 0 Å². The van der Waals surface area contributed by atoms with E-state index in [1.807, 2.05) is 36.5 Å². The first-order valence-electron chi connectivity index (χ1n) is 4.93. The van der Waals surface area contributed by atoms with Crippen LogP contribution in [0.15, 0.2) is 41.4 Å². The zero-order valence-electron chi connectivity index (χ0n) is 8.97. The van der Waals surface area contributed by atoms with Gasteiger partial charge in [0.05, 0.1) is 10.7 Å². The minimum Gasteiger partial charge on any atom is -0.262 e. The summed E-state index contributed by atoms with van der Waals surface area (Å²) in [4.78, 5) is 0. The quantitative estimate of drug-likeness (QED) is 0.737. The van der Waals surface area contributed by atoms with Crippen molar-refractivity contribution in [3.63, 3.8) is 0 Å². The number of rotatable bonds is 3. The highest BCUT2D eigenvalue weighted by Gasteiger charge is 2.02. The fourth-order valence-electron chi connectivity index (χ4n) is 1.45. The van der Waals surface area contributed by atoms with Gasteiger partial charge in [0, 0.05) is 12.8 Å². The van der Waals surface area contributed by atoms with E-state index >= 15 is 0 Å². The first-order valence-corrected chi connectivity index (χ1v) is 5.91. The summed E-state index contributed by atoms with van der Waals surface area (Å²) in [6.45, 7) is 2.02. The maximum absolute atomic E-state index is 4.32. The number of hydrogen-bond acceptors (Lipinski definition) is 2. The number of benzene rings is 1. The van der Waals surface area contributed by atoms with E-state index in [9.17, 15) is 0 Å². The van der Waals surface area contributed by atoms with Gasteiger partial charge in [-0.15, -0.1) is 11.8 Å². The zero-order valence-corrected chi connectivity index (χ0v) is 9.79. The van der Waals surface area contributed by atoms with Gasteiger partial charge in [0.15, 0.2) is 0 Å². The summed E-state index contributed by atoms with van der Waals surface area (Å²) in [5.41, 5.74) is 2.43. The molecule has 1 heterocycles. The summed E-state index contributed by atoms with van der Waals surface area (Å²) in [7, 11) is 1.99. The lowest BCUT2D eigenvalue weighted by Gasteiger charge is -2.01. The Bertz CT molecular complexity index is 434. The summed E-state index contributed by atoms with van der Waals surface area (Å²) in [6, 6.07) is 12.6. The molecule has 0 fully saturated rings. The summed E-state index contributed by atoms with van der Waals surface area (Å²) < 4.78 is 1.93. The van der Waals surface area contributed by atoms with Crippen LogP contribution >= 0.6 is 11.8 Å². The number of aryl methyl sites for hydroxylation is 2. The average Bonchev–Trinajstić information content (AvgIpc) is 2.56. The fraction of sp³-hybridized carbons (Fsp3) is 0.250. The molecule has 0 bridgehead atoms. The average molecular weight is 218 g/mol. The van der Waals surface area contributed by atoms with Gasteiger partial charge in [-0.25, -0.2) is 0 Å². The molecule has 0 unspecified atom stereocenters. The van der Waals surface area contributed by atoms with E-state index in [4.69, 9.17) is 0 Å². The van der Waals surface area contributed by atoms with Crippen LogP contribution < -0.4 is 0 Å². The van der Waals surface area contributed by atoms with Crippen molar-refractivity contribution in [2.24, 2.45) is 7.05 Å². The molecule has 3 heteroatoms. The molecule has 0 aliphatic rings. The Morgan fingerprint density at radius 2 is 2.00 bits per heavy atom. The molecule has 0 radical (unpaired) electrons. The van der Waals surface area contributed by atoms with Gasteiger partial charge in [-0.05, 0) is 18.6 Å². The van der Waals surface area contributed by atoms with Gasteiger partial charge in [0.1, 0.15) is 0 Å². The van der Waals surface area contributed by atoms with Crippen LogP contribution in [0.5, 0.6) is 0 Å². The van der Waals surface area contributed by atoms with Crippen molar-refractivity contribution in [3.05, 3.63) is 47.7 Å². The highest BCUT2D eigenvalue weighted by atomic mass is 32.2. The predicted molar refractivity (Wildman–Crippen MR) is 63.9 cm³/mol. The van der Waals surface area contributed by atoms with Crippen molar-refractivity contribution >= 4 is 11.8 Å². The third-order valence-electron chi connectivity index (χ3n) is 2.19. The van der Waals surface area contributed by atoms with Crippen molar-refractivity contribution in [2.75, 3.05) is 0 Å². The van der Waals surface area contributed by atoms with Crippen LogP contribution in [0, 0.1) is 6.92 Å². The predicted octanol–water partition coefficient (Wildman–Crippen LogP) is 3.02. The topological polar surface area (TPSA) is 17.8 Å². The molecule has 2 rings (SSSR count). The van der Waals surface area contributed by atoms with Crippen molar-refractivity contribution < 1.29 is 0 Å². The van der Waals surface area contributed by atoms with E-state index in [1.165, 1.54) is 10.6 Å². The second kappa shape index (κ2) is 4.53. The van der Waals surface area contributed by atoms with Crippen molar-refractivity contribution in [2.45, 2.75) is 17.7 Å². The molecule has 15 heavy (non-hydrogen) atoms. The Morgan fingerprint density at radius 1 is 1.27 bits per heavy atom. The molecule has 1 aromatic carbocycles. The molecule has 0 spiro atoms. The zero-order chi connectivity index (χ0) is 10.7. The minimum atomic E-state index is 1.000. The van der Waals surface area contributed by atoms with Crippen LogP contribution in [-0.4, -0.2) is 9.78 Å². The molecule has 0 atom stereocenters. The number of thioether (sulfide) groups is 1. The summed E-state index contributed by atoms with van der Waals surface area (Å²) >= 11 is 1.82. The summed E-state index contributed by atoms with van der Waals surface area (Å²) in [5, 5.41) is 5.54. The molecule has 0 saturated carbocycles. The van der Waals surface area contributed by atoms with E-state index in [2.05, 4.69) is 35.4 Å². The Labute approximate surface area is 94.3 Å². The SMILES string of the molecule is Cc1cc(SCc2ccccc2)n(C)n1. The molecule has 78 valence electrons. The van der Waals surface area contributed by atoms with Gasteiger partial charge in [-0.3, -0.25) is 4.68 Å². The second-order valence-corrected chi connectivity index (χ2v) is 4.52. The largest absolute Gasteiger partial charge is 0.262 e. The van der Waals surface area contributed by atoms with Crippen LogP contribution in [-0.2, 0) is 12.8 Å². The second-order valence-electron chi connectivity index (χ2n) is 3.52. The normalized spacial score (nSPS) is 10.5. The van der Waals surface area contributed by atoms with Crippen molar-refractivity contribution in [1.29, 1.82) is 0 Å². The van der Waals surface area contributed by atoms with E-state index in [1.54, 1.807) is 0 Å². The first-order chi connectivity index (χ1) is 7.25. The van der Waals surface area contributed by atoms with Gasteiger partial charge < -0.3 is 0 Å². The molecule has 0 saturated heterocycles. The monoisotopic (exact) mass is 218 g/mol. The highest BCUT2D eigenvalue weighted by Crippen LogP contribution is 2.22. The van der Waals surface area contributed by atoms with Crippen LogP contribution in [0.4, 0.5) is 0 Å². The van der Waals surface area contributed by atoms with Crippen LogP contribution in [0.1, 0.15) is 11.3 Å². The minimum absolute atomic E-state index is 1.000. The molecule has 0 N–H and O–H groups in total. The van der Waals surface area contributed by atoms with Crippen molar-refractivity contribution in [1.82, 2.24) is 9.78 Å². The molecular formula is C12H14N2S. The molecule has 2 aromatic rings. The number of aromatic nitrogens is 2. The standard InChI is InChI=1S/C12H14N2S/c1-10-8-12(14(2)13-10)15-9-11-6-4-3-5-7-11/h3-8H,9H2,1-2H3. The van der Waals surface area contributed by atoms with Crippen LogP contribution in [0.3, 0.4) is 0 Å². The third-order valence-corrected chi connectivity index (χ3v) is 3.34. The van der Waals surface area contributed by atoms with Crippen molar-refractivity contribution in [3.8, 4) is 0 Å². The smallest absolute Gasteiger partial charge is 0.0942 e. The van der Waals surface area contributed by atoms with E-state index in [-0.39, 0.29) is 0 Å². The molecule has 2 nitrogen and oxygen atoms in total. The van der Waals surface area contributed by atoms with E-state index in [0.29, 0.717) is 0 Å². The molecule has 1 aromatic heterocycles. The van der Waals surface area contributed by atoms with Crippen LogP contribution in [0.25, 0.3) is 0 Å². The van der Waals surface area contributed by atoms with Gasteiger partial charge in [-0.1, -0.05) is 30.3 Å². The first kappa shape index (κ1) is 10.3. The third kappa shape index (κ3) is 2.63. The lowest BCUT2D eigenvalue weighted by atomic mass is 10.2. The molecular weight excluding hydrogens is 204 g/mol. The summed E-state index contributed by atoms with van der Waals surface area (Å²) in [6.07, 6.45) is 0. The maximum Gasteiger partial charge on any atom is 0.0942 e. The summed E-state index contributed by atoms with van der Waals surface area (Å²) in [5.74, 6) is 1.000. The lowest BCUT2D eigenvalue weighted by molar-refractivity contribution is 0.692. The van der Waals surface area contributed by atoms with Gasteiger partial charge in [0.25, 0.3) is 0 Å². The van der Waals surface area contributed by atoms with Gasteiger partial charge >= 0.3 is 0 Å². The Morgan fingerprint density at radius 3 is 2.60 bits per heavy atom.